The van der Waals surface area contributed by atoms with Gasteiger partial charge in [0.15, 0.2) is 0 Å². The number of hydrogen-bond donors (Lipinski definition) is 1. The Morgan fingerprint density at radius 1 is 1.29 bits per heavy atom. The lowest BCUT2D eigenvalue weighted by Crippen LogP contribution is -2.39. The zero-order chi connectivity index (χ0) is 14.4. The van der Waals surface area contributed by atoms with Gasteiger partial charge in [0.2, 0.25) is 5.91 Å². The van der Waals surface area contributed by atoms with E-state index in [1.807, 2.05) is 12.1 Å². The second-order valence-corrected chi connectivity index (χ2v) is 5.71. The van der Waals surface area contributed by atoms with E-state index in [0.29, 0.717) is 5.56 Å². The van der Waals surface area contributed by atoms with Crippen molar-refractivity contribution in [1.82, 2.24) is 4.98 Å². The molecule has 0 saturated heterocycles. The lowest BCUT2D eigenvalue weighted by atomic mass is 9.90. The first-order valence-electron chi connectivity index (χ1n) is 7.32. The number of hydrogen-bond acceptors (Lipinski definition) is 3. The number of carbonyl (C=O) groups excluding carboxylic acids is 1. The van der Waals surface area contributed by atoms with E-state index in [-0.39, 0.29) is 6.10 Å². The number of benzene rings is 1. The van der Waals surface area contributed by atoms with E-state index < -0.39 is 5.91 Å². The Bertz CT molecular complexity index is 870. The lowest BCUT2D eigenvalue weighted by molar-refractivity contribution is 0.100. The minimum Gasteiger partial charge on any atom is -0.493 e. The van der Waals surface area contributed by atoms with E-state index in [0.717, 1.165) is 34.3 Å². The van der Waals surface area contributed by atoms with Crippen LogP contribution in [0.5, 0.6) is 0 Å². The molecule has 2 N–H and O–H groups in total. The highest BCUT2D eigenvalue weighted by molar-refractivity contribution is 5.96. The monoisotopic (exact) mass is 280 g/mol. The Morgan fingerprint density at radius 2 is 2.19 bits per heavy atom. The average molecular weight is 280 g/mol. The molecule has 0 spiro atoms. The molecule has 1 aliphatic carbocycles. The summed E-state index contributed by atoms with van der Waals surface area (Å²) in [6.07, 6.45) is 6.55. The summed E-state index contributed by atoms with van der Waals surface area (Å²) in [4.78, 5) is 16.1. The molecule has 106 valence electrons. The molecule has 2 aliphatic rings. The highest BCUT2D eigenvalue weighted by Gasteiger charge is 2.23. The molecular weight excluding hydrogens is 264 g/mol. The first-order chi connectivity index (χ1) is 10.2. The van der Waals surface area contributed by atoms with E-state index in [1.165, 1.54) is 18.4 Å². The summed E-state index contributed by atoms with van der Waals surface area (Å²) in [5.41, 5.74) is 8.05. The first kappa shape index (κ1) is 12.4. The topological polar surface area (TPSA) is 65.2 Å². The Morgan fingerprint density at radius 3 is 3.05 bits per heavy atom. The van der Waals surface area contributed by atoms with Crippen LogP contribution in [0.3, 0.4) is 0 Å². The normalized spacial score (nSPS) is 20.2. The second kappa shape index (κ2) is 4.58. The van der Waals surface area contributed by atoms with Crippen LogP contribution >= 0.6 is 0 Å². The molecule has 1 fully saturated rings. The number of nitrogens with zero attached hydrogens (tertiary/aromatic N) is 1. The Balaban J connectivity index is 2.00. The van der Waals surface area contributed by atoms with Crippen molar-refractivity contribution in [3.63, 3.8) is 0 Å². The predicted octanol–water partition coefficient (Wildman–Crippen LogP) is 1.20. The fourth-order valence-electron chi connectivity index (χ4n) is 3.25. The maximum Gasteiger partial charge on any atom is 0.248 e. The van der Waals surface area contributed by atoms with Gasteiger partial charge in [0.05, 0.1) is 17.1 Å². The third-order valence-electron chi connectivity index (χ3n) is 4.34. The van der Waals surface area contributed by atoms with Crippen LogP contribution in [0.25, 0.3) is 22.7 Å². The lowest BCUT2D eigenvalue weighted by Gasteiger charge is -2.27. The molecule has 1 aromatic carbocycles. The minimum atomic E-state index is -0.420. The van der Waals surface area contributed by atoms with Crippen molar-refractivity contribution < 1.29 is 9.53 Å². The fourth-order valence-corrected chi connectivity index (χ4v) is 3.25. The number of ether oxygens (including phenoxy) is 1. The van der Waals surface area contributed by atoms with E-state index >= 15 is 0 Å². The van der Waals surface area contributed by atoms with E-state index in [2.05, 4.69) is 0 Å². The van der Waals surface area contributed by atoms with Gasteiger partial charge in [-0.1, -0.05) is 0 Å². The highest BCUT2D eigenvalue weighted by Crippen LogP contribution is 2.27. The van der Waals surface area contributed by atoms with Crippen molar-refractivity contribution in [3.8, 4) is 0 Å². The Kier molecular flexibility index (Phi) is 2.70. The molecule has 1 atom stereocenters. The summed E-state index contributed by atoms with van der Waals surface area (Å²) in [5, 5.41) is 2.97. The predicted molar refractivity (Wildman–Crippen MR) is 80.7 cm³/mol. The highest BCUT2D eigenvalue weighted by atomic mass is 16.5. The zero-order valence-corrected chi connectivity index (χ0v) is 11.6. The number of nitrogens with two attached hydrogens (primary N) is 1. The van der Waals surface area contributed by atoms with Crippen LogP contribution in [-0.4, -0.2) is 17.0 Å². The summed E-state index contributed by atoms with van der Waals surface area (Å²) in [6, 6.07) is 7.41. The Labute approximate surface area is 121 Å². The van der Waals surface area contributed by atoms with Gasteiger partial charge >= 0.3 is 0 Å². The third kappa shape index (κ3) is 1.98. The second-order valence-electron chi connectivity index (χ2n) is 5.71. The summed E-state index contributed by atoms with van der Waals surface area (Å²) >= 11 is 0. The quantitative estimate of drug-likeness (QED) is 0.853. The molecule has 1 saturated carbocycles. The van der Waals surface area contributed by atoms with Gasteiger partial charge in [-0.05, 0) is 55.5 Å². The van der Waals surface area contributed by atoms with Gasteiger partial charge in [-0.25, -0.2) is 4.98 Å². The van der Waals surface area contributed by atoms with Crippen molar-refractivity contribution in [2.45, 2.75) is 31.8 Å². The van der Waals surface area contributed by atoms with Gasteiger partial charge in [0, 0.05) is 16.2 Å². The number of fused-ring (bicyclic) bond motifs is 3. The molecule has 1 unspecified atom stereocenters. The molecule has 4 heteroatoms. The van der Waals surface area contributed by atoms with Crippen LogP contribution < -0.4 is 16.3 Å². The maximum absolute atomic E-state index is 11.3. The van der Waals surface area contributed by atoms with Crippen LogP contribution in [0.1, 0.15) is 36.0 Å². The van der Waals surface area contributed by atoms with Crippen molar-refractivity contribution in [1.29, 1.82) is 0 Å². The third-order valence-corrected chi connectivity index (χ3v) is 4.34. The number of primary amides is 1. The average Bonchev–Trinajstić information content (AvgIpc) is 2.52. The number of pyridine rings is 1. The van der Waals surface area contributed by atoms with E-state index in [4.69, 9.17) is 15.5 Å². The molecule has 1 aliphatic heterocycles. The number of aromatic nitrogens is 1. The summed E-state index contributed by atoms with van der Waals surface area (Å²) in [7, 11) is 0. The first-order valence-corrected chi connectivity index (χ1v) is 7.32. The van der Waals surface area contributed by atoms with Crippen LogP contribution in [0.15, 0.2) is 24.3 Å². The molecule has 2 aromatic rings. The molecule has 21 heavy (non-hydrogen) atoms. The standard InChI is InChI=1S/C17H16N2O2/c18-17(20)10-5-6-14-11(7-10)8-12-9-21-15-4-2-1-3-13(15)16(12)19-14/h5-9,15H,1-4H2,(H2,18,20). The van der Waals surface area contributed by atoms with Crippen molar-refractivity contribution >= 4 is 28.6 Å². The molecule has 0 bridgehead atoms. The van der Waals surface area contributed by atoms with Crippen LogP contribution in [-0.2, 0) is 4.74 Å². The van der Waals surface area contributed by atoms with Gasteiger partial charge in [0.1, 0.15) is 6.10 Å². The van der Waals surface area contributed by atoms with Gasteiger partial charge in [-0.15, -0.1) is 0 Å². The number of rotatable bonds is 1. The van der Waals surface area contributed by atoms with Gasteiger partial charge in [0.25, 0.3) is 0 Å². The molecule has 4 nitrogen and oxygen atoms in total. The van der Waals surface area contributed by atoms with E-state index in [1.54, 1.807) is 18.4 Å². The fraction of sp³-hybridized carbons (Fsp3) is 0.294. The minimum absolute atomic E-state index is 0.195. The zero-order valence-electron chi connectivity index (χ0n) is 11.6. The van der Waals surface area contributed by atoms with Crippen LogP contribution in [0, 0.1) is 0 Å². The van der Waals surface area contributed by atoms with Crippen molar-refractivity contribution in [2.24, 2.45) is 5.73 Å². The molecule has 0 radical (unpaired) electrons. The number of amides is 1. The summed E-state index contributed by atoms with van der Waals surface area (Å²) in [6.45, 7) is 0. The molecular formula is C17H16N2O2. The largest absolute Gasteiger partial charge is 0.493 e. The van der Waals surface area contributed by atoms with Crippen LogP contribution in [0.4, 0.5) is 0 Å². The maximum atomic E-state index is 11.3. The smallest absolute Gasteiger partial charge is 0.248 e. The van der Waals surface area contributed by atoms with Crippen molar-refractivity contribution in [3.05, 3.63) is 40.4 Å². The van der Waals surface area contributed by atoms with Gasteiger partial charge < -0.3 is 10.5 Å². The van der Waals surface area contributed by atoms with Crippen LogP contribution in [0.2, 0.25) is 0 Å². The SMILES string of the molecule is NC(=O)c1ccc2nc3c(cc2c1)=COC1CCCCC=31. The summed E-state index contributed by atoms with van der Waals surface area (Å²) < 4.78 is 5.84. The Hall–Kier alpha value is -2.36. The molecule has 1 amide bonds. The molecule has 1 aromatic heterocycles. The molecule has 4 rings (SSSR count). The van der Waals surface area contributed by atoms with Gasteiger partial charge in [-0.2, -0.15) is 0 Å². The number of carbonyl (C=O) groups is 1. The molecule has 2 heterocycles. The van der Waals surface area contributed by atoms with Crippen molar-refractivity contribution in [2.75, 3.05) is 0 Å². The van der Waals surface area contributed by atoms with E-state index in [9.17, 15) is 4.79 Å². The van der Waals surface area contributed by atoms with Gasteiger partial charge in [-0.3, -0.25) is 4.79 Å². The summed E-state index contributed by atoms with van der Waals surface area (Å²) in [5.74, 6) is -0.420.